The molecule has 8 heteroatoms. The Morgan fingerprint density at radius 3 is 2.33 bits per heavy atom. The molecule has 0 fully saturated rings. The maximum Gasteiger partial charge on any atom is 0.416 e. The molecule has 1 aromatic carbocycles. The smallest absolute Gasteiger partial charge is 0.416 e. The molecule has 0 aliphatic carbocycles. The summed E-state index contributed by atoms with van der Waals surface area (Å²) in [5.41, 5.74) is 9.66. The highest BCUT2D eigenvalue weighted by Gasteiger charge is 2.34. The van der Waals surface area contributed by atoms with Gasteiger partial charge in [-0.15, -0.1) is 0 Å². The summed E-state index contributed by atoms with van der Waals surface area (Å²) in [7, 11) is 0. The van der Waals surface area contributed by atoms with Gasteiger partial charge in [-0.3, -0.25) is 9.59 Å². The second kappa shape index (κ2) is 6.13. The number of aryl methyl sites for hydroxylation is 1. The molecule has 0 aliphatic heterocycles. The van der Waals surface area contributed by atoms with Crippen LogP contribution < -0.4 is 11.5 Å². The third-order valence-electron chi connectivity index (χ3n) is 3.15. The molecule has 0 saturated carbocycles. The van der Waals surface area contributed by atoms with Crippen molar-refractivity contribution in [1.82, 2.24) is 0 Å². The Hall–Kier alpha value is -2.09. The minimum absolute atomic E-state index is 0.00651. The van der Waals surface area contributed by atoms with Gasteiger partial charge in [-0.1, -0.05) is 12.1 Å². The van der Waals surface area contributed by atoms with Crippen molar-refractivity contribution in [2.75, 3.05) is 0 Å². The molecule has 21 heavy (non-hydrogen) atoms. The Balaban J connectivity index is 3.31. The van der Waals surface area contributed by atoms with Crippen LogP contribution in [-0.2, 0) is 15.8 Å². The van der Waals surface area contributed by atoms with Gasteiger partial charge in [0.2, 0.25) is 5.91 Å². The summed E-state index contributed by atoms with van der Waals surface area (Å²) in [5, 5.41) is 8.83. The van der Waals surface area contributed by atoms with E-state index in [0.29, 0.717) is 0 Å². The van der Waals surface area contributed by atoms with Crippen LogP contribution in [0.4, 0.5) is 13.2 Å². The predicted octanol–water partition coefficient (Wildman–Crippen LogP) is 1.38. The fraction of sp³-hybridized carbons (Fsp3) is 0.385. The van der Waals surface area contributed by atoms with E-state index in [9.17, 15) is 22.8 Å². The summed E-state index contributed by atoms with van der Waals surface area (Å²) in [5.74, 6) is -3.39. The number of carboxylic acid groups (broad SMARTS) is 1. The number of benzene rings is 1. The second-order valence-corrected chi connectivity index (χ2v) is 4.70. The van der Waals surface area contributed by atoms with Crippen molar-refractivity contribution >= 4 is 11.9 Å². The number of halogens is 3. The number of nitrogens with two attached hydrogens (primary N) is 2. The molecule has 0 saturated heterocycles. The van der Waals surface area contributed by atoms with Crippen LogP contribution in [0, 0.1) is 6.92 Å². The highest BCUT2D eigenvalue weighted by Crippen LogP contribution is 2.34. The summed E-state index contributed by atoms with van der Waals surface area (Å²) >= 11 is 0. The highest BCUT2D eigenvalue weighted by atomic mass is 19.4. The molecule has 0 aliphatic rings. The Kier molecular flexibility index (Phi) is 4.95. The largest absolute Gasteiger partial charge is 0.481 e. The van der Waals surface area contributed by atoms with Crippen molar-refractivity contribution in [2.24, 2.45) is 11.5 Å². The first-order valence-corrected chi connectivity index (χ1v) is 5.98. The molecule has 0 bridgehead atoms. The molecule has 1 aromatic rings. The number of carbonyl (C=O) groups is 2. The number of hydrogen-bond donors (Lipinski definition) is 3. The van der Waals surface area contributed by atoms with Crippen LogP contribution in [0.5, 0.6) is 0 Å². The van der Waals surface area contributed by atoms with Crippen LogP contribution in [-0.4, -0.2) is 23.0 Å². The van der Waals surface area contributed by atoms with E-state index in [0.717, 1.165) is 6.07 Å². The number of hydrogen-bond acceptors (Lipinski definition) is 3. The molecule has 0 aromatic heterocycles. The fourth-order valence-electron chi connectivity index (χ4n) is 2.01. The molecule has 116 valence electrons. The van der Waals surface area contributed by atoms with E-state index in [4.69, 9.17) is 16.6 Å². The number of amides is 1. The molecule has 1 rings (SSSR count). The summed E-state index contributed by atoms with van der Waals surface area (Å²) in [6.45, 7) is 1.28. The van der Waals surface area contributed by atoms with Gasteiger partial charge in [0.25, 0.3) is 0 Å². The Bertz CT molecular complexity index is 558. The zero-order chi connectivity index (χ0) is 16.4. The van der Waals surface area contributed by atoms with Crippen LogP contribution in [0.3, 0.4) is 0 Å². The van der Waals surface area contributed by atoms with Crippen molar-refractivity contribution < 1.29 is 27.9 Å². The minimum atomic E-state index is -4.58. The van der Waals surface area contributed by atoms with E-state index in [1.807, 2.05) is 0 Å². The van der Waals surface area contributed by atoms with Crippen molar-refractivity contribution in [3.63, 3.8) is 0 Å². The van der Waals surface area contributed by atoms with E-state index >= 15 is 0 Å². The third kappa shape index (κ3) is 4.19. The zero-order valence-electron chi connectivity index (χ0n) is 11.1. The van der Waals surface area contributed by atoms with Crippen LogP contribution in [0.2, 0.25) is 0 Å². The van der Waals surface area contributed by atoms with Crippen LogP contribution in [0.25, 0.3) is 0 Å². The molecule has 1 amide bonds. The van der Waals surface area contributed by atoms with Gasteiger partial charge < -0.3 is 16.6 Å². The van der Waals surface area contributed by atoms with Crippen LogP contribution >= 0.6 is 0 Å². The first-order chi connectivity index (χ1) is 9.54. The monoisotopic (exact) mass is 304 g/mol. The number of carboxylic acids is 1. The molecule has 0 radical (unpaired) electrons. The van der Waals surface area contributed by atoms with Crippen molar-refractivity contribution in [2.45, 2.75) is 31.5 Å². The van der Waals surface area contributed by atoms with Gasteiger partial charge in [-0.2, -0.15) is 13.2 Å². The first kappa shape index (κ1) is 17.0. The number of alkyl halides is 3. The van der Waals surface area contributed by atoms with E-state index in [2.05, 4.69) is 0 Å². The maximum absolute atomic E-state index is 12.9. The lowest BCUT2D eigenvalue weighted by Crippen LogP contribution is -2.42. The fourth-order valence-corrected chi connectivity index (χ4v) is 2.01. The van der Waals surface area contributed by atoms with Gasteiger partial charge in [-0.05, 0) is 24.1 Å². The first-order valence-electron chi connectivity index (χ1n) is 5.98. The number of carbonyl (C=O) groups excluding carboxylic acids is 1. The van der Waals surface area contributed by atoms with E-state index in [1.54, 1.807) is 0 Å². The minimum Gasteiger partial charge on any atom is -0.481 e. The van der Waals surface area contributed by atoms with Gasteiger partial charge >= 0.3 is 12.1 Å². The van der Waals surface area contributed by atoms with Crippen molar-refractivity contribution in [3.8, 4) is 0 Å². The molecule has 1 unspecified atom stereocenters. The van der Waals surface area contributed by atoms with Crippen LogP contribution in [0.1, 0.15) is 29.0 Å². The average Bonchev–Trinajstić information content (AvgIpc) is 2.34. The molecule has 5 N–H and O–H groups in total. The van der Waals surface area contributed by atoms with Gasteiger partial charge in [0.1, 0.15) is 0 Å². The molecule has 0 spiro atoms. The molecular formula is C13H15F3N2O3. The number of primary amides is 1. The molecule has 2 atom stereocenters. The molecule has 0 heterocycles. The standard InChI is InChI=1S/C13H15F3N2O3/c1-6-2-3-7(4-9(6)13(14,15)16)8(5-10(19)20)11(17)12(18)21/h2-4,8,11H,5,17H2,1H3,(H2,18,21)(H,19,20)/t8-,11?/m0/s1. The number of aliphatic carboxylic acids is 1. The maximum atomic E-state index is 12.9. The average molecular weight is 304 g/mol. The highest BCUT2D eigenvalue weighted by molar-refractivity contribution is 5.82. The quantitative estimate of drug-likeness (QED) is 0.764. The second-order valence-electron chi connectivity index (χ2n) is 4.70. The van der Waals surface area contributed by atoms with Crippen molar-refractivity contribution in [1.29, 1.82) is 0 Å². The van der Waals surface area contributed by atoms with Gasteiger partial charge in [-0.25, -0.2) is 0 Å². The Labute approximate surface area is 118 Å². The topological polar surface area (TPSA) is 106 Å². The summed E-state index contributed by atoms with van der Waals surface area (Å²) in [6.07, 6.45) is -5.17. The Morgan fingerprint density at radius 1 is 1.33 bits per heavy atom. The summed E-state index contributed by atoms with van der Waals surface area (Å²) in [4.78, 5) is 22.0. The van der Waals surface area contributed by atoms with Gasteiger partial charge in [0.15, 0.2) is 0 Å². The normalized spacial score (nSPS) is 14.5. The van der Waals surface area contributed by atoms with E-state index < -0.39 is 42.0 Å². The third-order valence-corrected chi connectivity index (χ3v) is 3.15. The van der Waals surface area contributed by atoms with E-state index in [1.165, 1.54) is 19.1 Å². The van der Waals surface area contributed by atoms with Crippen LogP contribution in [0.15, 0.2) is 18.2 Å². The van der Waals surface area contributed by atoms with Gasteiger partial charge in [0, 0.05) is 5.92 Å². The number of rotatable bonds is 5. The summed E-state index contributed by atoms with van der Waals surface area (Å²) in [6, 6.07) is 1.96. The lowest BCUT2D eigenvalue weighted by Gasteiger charge is -2.22. The molecular weight excluding hydrogens is 289 g/mol. The van der Waals surface area contributed by atoms with Crippen molar-refractivity contribution in [3.05, 3.63) is 34.9 Å². The molecule has 5 nitrogen and oxygen atoms in total. The lowest BCUT2D eigenvalue weighted by atomic mass is 9.86. The predicted molar refractivity (Wildman–Crippen MR) is 68.3 cm³/mol. The van der Waals surface area contributed by atoms with E-state index in [-0.39, 0.29) is 11.1 Å². The SMILES string of the molecule is Cc1ccc([C@H](CC(=O)O)C(N)C(N)=O)cc1C(F)(F)F. The van der Waals surface area contributed by atoms with Gasteiger partial charge in [0.05, 0.1) is 18.0 Å². The zero-order valence-corrected chi connectivity index (χ0v) is 11.1. The summed E-state index contributed by atoms with van der Waals surface area (Å²) < 4.78 is 38.6. The Morgan fingerprint density at radius 2 is 1.90 bits per heavy atom. The lowest BCUT2D eigenvalue weighted by molar-refractivity contribution is -0.138.